The fourth-order valence-electron chi connectivity index (χ4n) is 1.83. The number of rotatable bonds is 9. The molecule has 3 N–H and O–H groups in total. The van der Waals surface area contributed by atoms with Crippen LogP contribution < -0.4 is 11.1 Å². The van der Waals surface area contributed by atoms with Gasteiger partial charge in [0.2, 0.25) is 11.1 Å². The smallest absolute Gasteiger partial charge is 0.222 e. The summed E-state index contributed by atoms with van der Waals surface area (Å²) in [5.41, 5.74) is 5.27. The zero-order chi connectivity index (χ0) is 22.1. The van der Waals surface area contributed by atoms with Crippen LogP contribution in [0.4, 0.5) is 0 Å². The lowest BCUT2D eigenvalue weighted by atomic mass is 10.4. The Morgan fingerprint density at radius 2 is 1.48 bits per heavy atom. The fourth-order valence-corrected chi connectivity index (χ4v) is 2.81. The number of hydrogen-bond acceptors (Lipinski definition) is 7. The Labute approximate surface area is 186 Å². The Kier molecular flexibility index (Phi) is 16.7. The highest BCUT2D eigenvalue weighted by Gasteiger charge is 2.02. The Morgan fingerprint density at radius 3 is 1.83 bits per heavy atom. The molecule has 0 unspecified atom stereocenters. The van der Waals surface area contributed by atoms with E-state index in [2.05, 4.69) is 5.32 Å². The summed E-state index contributed by atoms with van der Waals surface area (Å²) >= 11 is 8.30. The molecule has 164 valence electrons. The molecule has 0 aromatic carbocycles. The van der Waals surface area contributed by atoms with Gasteiger partial charge in [0.1, 0.15) is 23.0 Å². The molecule has 1 amide bonds. The van der Waals surface area contributed by atoms with Crippen molar-refractivity contribution in [2.45, 2.75) is 39.8 Å². The number of hydrogen-bond donors (Lipinski definition) is 2. The average molecular weight is 463 g/mol. The molecule has 9 heteroatoms. The van der Waals surface area contributed by atoms with E-state index in [-0.39, 0.29) is 11.1 Å². The standard InChI is InChI=1S/C10H15NO2S.C6H9NO.C4H7ClOS/c1-8-3-4-9(13-8)7-11-10(12)5-6-14-2;1-5-2-3-6(4-7)8-5;1-7-3-2-4(5)6/h3-4H,5-7H2,1-2H3,(H,11,12);2-3H,4,7H2,1H3;2-3H2,1H3. The van der Waals surface area contributed by atoms with Gasteiger partial charge in [-0.1, -0.05) is 0 Å². The summed E-state index contributed by atoms with van der Waals surface area (Å²) in [6.45, 7) is 4.77. The second-order valence-electron chi connectivity index (χ2n) is 5.85. The number of thioether (sulfide) groups is 2. The van der Waals surface area contributed by atoms with Gasteiger partial charge in [-0.15, -0.1) is 0 Å². The molecule has 0 aliphatic heterocycles. The number of carbonyl (C=O) groups excluding carboxylic acids is 2. The van der Waals surface area contributed by atoms with Crippen molar-refractivity contribution < 1.29 is 18.4 Å². The van der Waals surface area contributed by atoms with Crippen LogP contribution in [0.5, 0.6) is 0 Å². The van der Waals surface area contributed by atoms with E-state index in [1.54, 1.807) is 23.5 Å². The Balaban J connectivity index is 0.000000444. The molecule has 2 rings (SSSR count). The van der Waals surface area contributed by atoms with Crippen LogP contribution in [0.25, 0.3) is 0 Å². The lowest BCUT2D eigenvalue weighted by Crippen LogP contribution is -2.22. The molecule has 0 radical (unpaired) electrons. The number of carbonyl (C=O) groups is 2. The number of halogens is 1. The first-order chi connectivity index (χ1) is 13.8. The van der Waals surface area contributed by atoms with Crippen molar-refractivity contribution in [2.24, 2.45) is 5.73 Å². The molecule has 2 aromatic heterocycles. The first-order valence-corrected chi connectivity index (χ1v) is 12.2. The first kappa shape index (κ1) is 27.6. The maximum atomic E-state index is 11.2. The quantitative estimate of drug-likeness (QED) is 0.529. The van der Waals surface area contributed by atoms with Crippen LogP contribution in [0.3, 0.4) is 0 Å². The zero-order valence-electron chi connectivity index (χ0n) is 17.5. The maximum Gasteiger partial charge on any atom is 0.222 e. The molecule has 0 atom stereocenters. The van der Waals surface area contributed by atoms with Gasteiger partial charge >= 0.3 is 0 Å². The molecule has 0 saturated heterocycles. The van der Waals surface area contributed by atoms with E-state index in [1.807, 2.05) is 50.6 Å². The highest BCUT2D eigenvalue weighted by molar-refractivity contribution is 7.98. The summed E-state index contributed by atoms with van der Waals surface area (Å²) in [6.07, 6.45) is 4.99. The summed E-state index contributed by atoms with van der Waals surface area (Å²) in [4.78, 5) is 21.2. The third kappa shape index (κ3) is 16.2. The molecule has 6 nitrogen and oxygen atoms in total. The number of amides is 1. The zero-order valence-corrected chi connectivity index (χ0v) is 19.8. The van der Waals surface area contributed by atoms with Gasteiger partial charge in [-0.25, -0.2) is 0 Å². The highest BCUT2D eigenvalue weighted by atomic mass is 35.5. The minimum absolute atomic E-state index is 0.0772. The Bertz CT molecular complexity index is 704. The van der Waals surface area contributed by atoms with E-state index in [0.29, 0.717) is 25.9 Å². The van der Waals surface area contributed by atoms with Crippen molar-refractivity contribution in [1.82, 2.24) is 5.32 Å². The second-order valence-corrected chi connectivity index (χ2v) is 8.24. The number of nitrogens with two attached hydrogens (primary N) is 1. The van der Waals surface area contributed by atoms with Gasteiger partial charge < -0.3 is 19.9 Å². The minimum atomic E-state index is -0.241. The van der Waals surface area contributed by atoms with Crippen LogP contribution in [0.15, 0.2) is 33.1 Å². The molecule has 0 bridgehead atoms. The predicted molar refractivity (Wildman–Crippen MR) is 123 cm³/mol. The highest BCUT2D eigenvalue weighted by Crippen LogP contribution is 2.06. The molecular weight excluding hydrogens is 432 g/mol. The maximum absolute atomic E-state index is 11.2. The van der Waals surface area contributed by atoms with E-state index in [4.69, 9.17) is 26.2 Å². The SMILES string of the molecule is CSCCC(=O)Cl.CSCCC(=O)NCc1ccc(C)o1.Cc1ccc(CN)o1. The van der Waals surface area contributed by atoms with Gasteiger partial charge in [-0.05, 0) is 62.2 Å². The minimum Gasteiger partial charge on any atom is -0.465 e. The molecule has 29 heavy (non-hydrogen) atoms. The molecule has 0 spiro atoms. The van der Waals surface area contributed by atoms with Crippen molar-refractivity contribution in [3.63, 3.8) is 0 Å². The summed E-state index contributed by atoms with van der Waals surface area (Å²) in [7, 11) is 0. The van der Waals surface area contributed by atoms with Crippen LogP contribution in [0.2, 0.25) is 0 Å². The molecular formula is C20H31ClN2O4S2. The van der Waals surface area contributed by atoms with Crippen LogP contribution in [0, 0.1) is 13.8 Å². The largest absolute Gasteiger partial charge is 0.465 e. The molecule has 0 aliphatic rings. The second kappa shape index (κ2) is 17.5. The Hall–Kier alpha value is -1.35. The normalized spacial score (nSPS) is 9.72. The van der Waals surface area contributed by atoms with Gasteiger partial charge in [0.05, 0.1) is 13.1 Å². The van der Waals surface area contributed by atoms with E-state index < -0.39 is 0 Å². The average Bonchev–Trinajstić information content (AvgIpc) is 3.31. The monoisotopic (exact) mass is 462 g/mol. The van der Waals surface area contributed by atoms with Crippen molar-refractivity contribution in [1.29, 1.82) is 0 Å². The molecule has 0 aliphatic carbocycles. The number of nitrogens with one attached hydrogen (secondary N) is 1. The lowest BCUT2D eigenvalue weighted by molar-refractivity contribution is -0.121. The lowest BCUT2D eigenvalue weighted by Gasteiger charge is -2.01. The van der Waals surface area contributed by atoms with Gasteiger partial charge in [0, 0.05) is 24.3 Å². The number of furan rings is 2. The van der Waals surface area contributed by atoms with E-state index in [0.717, 1.165) is 34.5 Å². The van der Waals surface area contributed by atoms with Gasteiger partial charge in [-0.2, -0.15) is 23.5 Å². The van der Waals surface area contributed by atoms with Crippen LogP contribution in [-0.2, 0) is 22.7 Å². The third-order valence-electron chi connectivity index (χ3n) is 3.29. The van der Waals surface area contributed by atoms with E-state index >= 15 is 0 Å². The summed E-state index contributed by atoms with van der Waals surface area (Å²) < 4.78 is 10.4. The van der Waals surface area contributed by atoms with Gasteiger partial charge in [0.25, 0.3) is 0 Å². The van der Waals surface area contributed by atoms with Crippen LogP contribution in [-0.4, -0.2) is 35.2 Å². The van der Waals surface area contributed by atoms with Crippen LogP contribution in [0.1, 0.15) is 35.9 Å². The number of aryl methyl sites for hydroxylation is 2. The van der Waals surface area contributed by atoms with Gasteiger partial charge in [-0.3, -0.25) is 9.59 Å². The molecule has 2 aromatic rings. The van der Waals surface area contributed by atoms with Crippen LogP contribution >= 0.6 is 35.1 Å². The van der Waals surface area contributed by atoms with Crippen molar-refractivity contribution >= 4 is 46.3 Å². The topological polar surface area (TPSA) is 98.5 Å². The summed E-state index contributed by atoms with van der Waals surface area (Å²) in [6, 6.07) is 7.56. The molecule has 0 fully saturated rings. The van der Waals surface area contributed by atoms with E-state index in [9.17, 15) is 9.59 Å². The van der Waals surface area contributed by atoms with Crippen molar-refractivity contribution in [3.05, 3.63) is 47.3 Å². The van der Waals surface area contributed by atoms with E-state index in [1.165, 1.54) is 0 Å². The molecule has 2 heterocycles. The van der Waals surface area contributed by atoms with Gasteiger partial charge in [0.15, 0.2) is 0 Å². The predicted octanol–water partition coefficient (Wildman–Crippen LogP) is 4.51. The Morgan fingerprint density at radius 1 is 0.966 bits per heavy atom. The fraction of sp³-hybridized carbons (Fsp3) is 0.500. The van der Waals surface area contributed by atoms with Crippen molar-refractivity contribution in [3.8, 4) is 0 Å². The summed E-state index contributed by atoms with van der Waals surface area (Å²) in [5, 5.41) is 2.56. The molecule has 0 saturated carbocycles. The third-order valence-corrected chi connectivity index (χ3v) is 4.70. The first-order valence-electron chi connectivity index (χ1n) is 9.05. The van der Waals surface area contributed by atoms with Crippen molar-refractivity contribution in [2.75, 3.05) is 24.0 Å². The summed E-state index contributed by atoms with van der Waals surface area (Å²) in [5.74, 6) is 5.23.